The van der Waals surface area contributed by atoms with Gasteiger partial charge in [-0.05, 0) is 33.6 Å². The van der Waals surface area contributed by atoms with E-state index in [0.29, 0.717) is 25.2 Å². The molecule has 1 saturated heterocycles. The van der Waals surface area contributed by atoms with Crippen molar-refractivity contribution in [2.45, 2.75) is 31.4 Å². The number of hydrazone groups is 1. The summed E-state index contributed by atoms with van der Waals surface area (Å²) in [5.74, 6) is 0.435. The first-order chi connectivity index (χ1) is 15.1. The molecule has 4 rings (SSSR count). The number of amides is 2. The molecule has 2 heterocycles. The molecule has 2 aromatic carbocycles. The zero-order chi connectivity index (χ0) is 21.6. The van der Waals surface area contributed by atoms with E-state index in [1.165, 1.54) is 0 Å². The lowest BCUT2D eigenvalue weighted by Gasteiger charge is -2.32. The maximum absolute atomic E-state index is 12.5. The summed E-state index contributed by atoms with van der Waals surface area (Å²) in [7, 11) is 0. The van der Waals surface area contributed by atoms with Crippen LogP contribution in [0.5, 0.6) is 5.75 Å². The van der Waals surface area contributed by atoms with Gasteiger partial charge in [-0.2, -0.15) is 5.10 Å². The minimum atomic E-state index is -0.300. The van der Waals surface area contributed by atoms with Gasteiger partial charge in [-0.25, -0.2) is 0 Å². The predicted octanol–water partition coefficient (Wildman–Crippen LogP) is 3.03. The Bertz CT molecular complexity index is 958. The van der Waals surface area contributed by atoms with Gasteiger partial charge >= 0.3 is 0 Å². The summed E-state index contributed by atoms with van der Waals surface area (Å²) >= 11 is 3.49. The number of para-hydroxylation sites is 1. The van der Waals surface area contributed by atoms with E-state index in [2.05, 4.69) is 31.8 Å². The molecule has 7 nitrogen and oxygen atoms in total. The topological polar surface area (TPSA) is 83.0 Å². The molecule has 0 saturated carbocycles. The predicted molar refractivity (Wildman–Crippen MR) is 122 cm³/mol. The highest BCUT2D eigenvalue weighted by Gasteiger charge is 2.27. The smallest absolute Gasteiger partial charge is 0.267 e. The molecule has 0 radical (unpaired) electrons. The number of hydrogen-bond acceptors (Lipinski definition) is 5. The van der Waals surface area contributed by atoms with Crippen molar-refractivity contribution in [2.75, 3.05) is 19.6 Å². The standard InChI is InChI=1S/C23H25BrN4O3/c24-18-8-4-5-9-21(18)31-17-10-12-28(13-11-17)22(29)15-25-23(30)20-14-19(26-27-20)16-6-2-1-3-7-16/h1-9,17,19,26H,10-15H2,(H,25,30). The number of carbonyl (C=O) groups excluding carboxylic acids is 2. The molecule has 2 aliphatic rings. The first-order valence-corrected chi connectivity index (χ1v) is 11.2. The number of likely N-dealkylation sites (tertiary alicyclic amines) is 1. The summed E-state index contributed by atoms with van der Waals surface area (Å²) in [6, 6.07) is 17.6. The van der Waals surface area contributed by atoms with Gasteiger partial charge < -0.3 is 20.4 Å². The number of halogens is 1. The van der Waals surface area contributed by atoms with Crippen molar-refractivity contribution >= 4 is 33.5 Å². The molecule has 0 aliphatic carbocycles. The van der Waals surface area contributed by atoms with Crippen LogP contribution in [0.15, 0.2) is 64.2 Å². The van der Waals surface area contributed by atoms with E-state index in [1.807, 2.05) is 54.6 Å². The largest absolute Gasteiger partial charge is 0.489 e. The Kier molecular flexibility index (Phi) is 6.86. The van der Waals surface area contributed by atoms with Crippen LogP contribution in [-0.4, -0.2) is 48.2 Å². The highest BCUT2D eigenvalue weighted by molar-refractivity contribution is 9.10. The first-order valence-electron chi connectivity index (χ1n) is 10.4. The van der Waals surface area contributed by atoms with Gasteiger partial charge in [-0.1, -0.05) is 42.5 Å². The lowest BCUT2D eigenvalue weighted by Crippen LogP contribution is -2.46. The molecule has 0 spiro atoms. The third kappa shape index (κ3) is 5.44. The van der Waals surface area contributed by atoms with E-state index in [0.717, 1.165) is 28.6 Å². The monoisotopic (exact) mass is 484 g/mol. The number of ether oxygens (including phenoxy) is 1. The molecule has 1 fully saturated rings. The summed E-state index contributed by atoms with van der Waals surface area (Å²) in [6.07, 6.45) is 2.10. The Morgan fingerprint density at radius 3 is 2.55 bits per heavy atom. The van der Waals surface area contributed by atoms with Crippen molar-refractivity contribution in [1.29, 1.82) is 0 Å². The molecular formula is C23H25BrN4O3. The highest BCUT2D eigenvalue weighted by atomic mass is 79.9. The average Bonchev–Trinajstić information content (AvgIpc) is 3.30. The van der Waals surface area contributed by atoms with Crippen molar-refractivity contribution in [3.05, 3.63) is 64.6 Å². The van der Waals surface area contributed by atoms with Crippen molar-refractivity contribution in [2.24, 2.45) is 5.10 Å². The molecule has 2 aliphatic heterocycles. The minimum Gasteiger partial charge on any atom is -0.489 e. The Labute approximate surface area is 190 Å². The Balaban J connectivity index is 1.19. The Hall–Kier alpha value is -2.87. The molecule has 2 N–H and O–H groups in total. The fraction of sp³-hybridized carbons (Fsp3) is 0.348. The molecule has 162 valence electrons. The fourth-order valence-electron chi connectivity index (χ4n) is 3.77. The normalized spacial score (nSPS) is 18.8. The lowest BCUT2D eigenvalue weighted by molar-refractivity contribution is -0.133. The number of carbonyl (C=O) groups is 2. The molecule has 2 amide bonds. The second-order valence-corrected chi connectivity index (χ2v) is 8.52. The molecule has 8 heteroatoms. The number of piperidine rings is 1. The second kappa shape index (κ2) is 9.96. The third-order valence-corrected chi connectivity index (χ3v) is 6.20. The third-order valence-electron chi connectivity index (χ3n) is 5.54. The van der Waals surface area contributed by atoms with Crippen molar-refractivity contribution in [3.8, 4) is 5.75 Å². The van der Waals surface area contributed by atoms with Crippen LogP contribution >= 0.6 is 15.9 Å². The maximum Gasteiger partial charge on any atom is 0.267 e. The van der Waals surface area contributed by atoms with Crippen molar-refractivity contribution in [3.63, 3.8) is 0 Å². The quantitative estimate of drug-likeness (QED) is 0.659. The van der Waals surface area contributed by atoms with E-state index in [4.69, 9.17) is 4.74 Å². The van der Waals surface area contributed by atoms with Crippen LogP contribution in [0.4, 0.5) is 0 Å². The zero-order valence-corrected chi connectivity index (χ0v) is 18.7. The van der Waals surface area contributed by atoms with E-state index in [1.54, 1.807) is 4.90 Å². The van der Waals surface area contributed by atoms with Crippen LogP contribution in [0, 0.1) is 0 Å². The number of benzene rings is 2. The van der Waals surface area contributed by atoms with Gasteiger partial charge in [0.1, 0.15) is 17.6 Å². The summed E-state index contributed by atoms with van der Waals surface area (Å²) in [5, 5.41) is 6.86. The van der Waals surface area contributed by atoms with Gasteiger partial charge in [0.25, 0.3) is 5.91 Å². The Morgan fingerprint density at radius 2 is 1.81 bits per heavy atom. The van der Waals surface area contributed by atoms with Gasteiger partial charge in [0, 0.05) is 32.4 Å². The van der Waals surface area contributed by atoms with Crippen LogP contribution < -0.4 is 15.5 Å². The zero-order valence-electron chi connectivity index (χ0n) is 17.1. The van der Waals surface area contributed by atoms with Gasteiger partial charge in [0.2, 0.25) is 5.91 Å². The maximum atomic E-state index is 12.5. The van der Waals surface area contributed by atoms with Gasteiger partial charge in [0.15, 0.2) is 0 Å². The summed E-state index contributed by atoms with van der Waals surface area (Å²) in [5.41, 5.74) is 4.50. The fourth-order valence-corrected chi connectivity index (χ4v) is 4.15. The SMILES string of the molecule is O=C(NCC(=O)N1CCC(Oc2ccccc2Br)CC1)C1=NNC(c2ccccc2)C1. The Morgan fingerprint density at radius 1 is 1.10 bits per heavy atom. The molecule has 2 aromatic rings. The summed E-state index contributed by atoms with van der Waals surface area (Å²) in [4.78, 5) is 26.7. The van der Waals surface area contributed by atoms with Crippen molar-refractivity contribution < 1.29 is 14.3 Å². The van der Waals surface area contributed by atoms with E-state index in [-0.39, 0.29) is 30.5 Å². The summed E-state index contributed by atoms with van der Waals surface area (Å²) in [6.45, 7) is 1.20. The van der Waals surface area contributed by atoms with Gasteiger partial charge in [0.05, 0.1) is 17.1 Å². The molecule has 0 bridgehead atoms. The number of hydrogen-bond donors (Lipinski definition) is 2. The second-order valence-electron chi connectivity index (χ2n) is 7.67. The van der Waals surface area contributed by atoms with Crippen molar-refractivity contribution in [1.82, 2.24) is 15.6 Å². The van der Waals surface area contributed by atoms with E-state index in [9.17, 15) is 9.59 Å². The van der Waals surface area contributed by atoms with Gasteiger partial charge in [-0.3, -0.25) is 9.59 Å². The first kappa shape index (κ1) is 21.4. The van der Waals surface area contributed by atoms with E-state index < -0.39 is 0 Å². The van der Waals surface area contributed by atoms with Crippen LogP contribution in [0.3, 0.4) is 0 Å². The molecule has 0 aromatic heterocycles. The van der Waals surface area contributed by atoms with Crippen LogP contribution in [0.1, 0.15) is 30.9 Å². The molecule has 1 unspecified atom stereocenters. The summed E-state index contributed by atoms with van der Waals surface area (Å²) < 4.78 is 6.98. The van der Waals surface area contributed by atoms with Crippen LogP contribution in [0.2, 0.25) is 0 Å². The number of rotatable bonds is 6. The number of nitrogens with one attached hydrogen (secondary N) is 2. The highest BCUT2D eigenvalue weighted by Crippen LogP contribution is 2.27. The molecule has 1 atom stereocenters. The minimum absolute atomic E-state index is 0.0127. The lowest BCUT2D eigenvalue weighted by atomic mass is 10.0. The average molecular weight is 485 g/mol. The molecular weight excluding hydrogens is 460 g/mol. The number of nitrogens with zero attached hydrogens (tertiary/aromatic N) is 2. The van der Waals surface area contributed by atoms with Crippen LogP contribution in [-0.2, 0) is 9.59 Å². The molecule has 31 heavy (non-hydrogen) atoms. The van der Waals surface area contributed by atoms with E-state index >= 15 is 0 Å². The van der Waals surface area contributed by atoms with Crippen LogP contribution in [0.25, 0.3) is 0 Å². The van der Waals surface area contributed by atoms with Gasteiger partial charge in [-0.15, -0.1) is 0 Å².